The molecule has 1 aromatic heterocycles. The largest absolute Gasteiger partial charge is 0.455 e. The van der Waals surface area contributed by atoms with E-state index < -0.39 is 0 Å². The molecule has 1 N–H and O–H groups in total. The van der Waals surface area contributed by atoms with Crippen LogP contribution in [0.1, 0.15) is 22.3 Å². The molecule has 0 bridgehead atoms. The predicted octanol–water partition coefficient (Wildman–Crippen LogP) is 3.55. The van der Waals surface area contributed by atoms with Crippen molar-refractivity contribution in [3.63, 3.8) is 0 Å². The lowest BCUT2D eigenvalue weighted by Gasteiger charge is -2.11. The lowest BCUT2D eigenvalue weighted by molar-refractivity contribution is 0.0688. The van der Waals surface area contributed by atoms with Crippen LogP contribution >= 0.6 is 0 Å². The SMILES string of the molecule is COCCOCCCNC(=O)c1cccc2c(=O)c(C)c(-c3ccccc3)oc12. The van der Waals surface area contributed by atoms with Crippen molar-refractivity contribution in [1.82, 2.24) is 5.32 Å². The molecule has 3 rings (SSSR count). The van der Waals surface area contributed by atoms with Gasteiger partial charge in [-0.05, 0) is 25.5 Å². The Bertz CT molecular complexity index is 1030. The van der Waals surface area contributed by atoms with E-state index in [0.717, 1.165) is 5.56 Å². The normalized spacial score (nSPS) is 11.0. The van der Waals surface area contributed by atoms with Crippen molar-refractivity contribution in [2.45, 2.75) is 13.3 Å². The number of fused-ring (bicyclic) bond motifs is 1. The molecule has 0 radical (unpaired) electrons. The van der Waals surface area contributed by atoms with Crippen LogP contribution < -0.4 is 10.7 Å². The Morgan fingerprint density at radius 3 is 2.59 bits per heavy atom. The third-order valence-electron chi connectivity index (χ3n) is 4.61. The number of rotatable bonds is 9. The van der Waals surface area contributed by atoms with E-state index in [1.54, 1.807) is 32.2 Å². The van der Waals surface area contributed by atoms with Crippen molar-refractivity contribution in [2.75, 3.05) is 33.5 Å². The zero-order chi connectivity index (χ0) is 20.6. The Balaban J connectivity index is 1.82. The summed E-state index contributed by atoms with van der Waals surface area (Å²) in [6.45, 7) is 3.81. The fraction of sp³-hybridized carbons (Fsp3) is 0.304. The van der Waals surface area contributed by atoms with Crippen LogP contribution in [0.5, 0.6) is 0 Å². The number of hydrogen-bond acceptors (Lipinski definition) is 5. The monoisotopic (exact) mass is 395 g/mol. The third kappa shape index (κ3) is 4.91. The molecule has 0 atom stereocenters. The van der Waals surface area contributed by atoms with Crippen LogP contribution in [0.25, 0.3) is 22.3 Å². The summed E-state index contributed by atoms with van der Waals surface area (Å²) in [6.07, 6.45) is 0.679. The van der Waals surface area contributed by atoms with Gasteiger partial charge < -0.3 is 19.2 Å². The Labute approximate surface area is 169 Å². The average molecular weight is 395 g/mol. The zero-order valence-electron chi connectivity index (χ0n) is 16.7. The summed E-state index contributed by atoms with van der Waals surface area (Å²) in [5.74, 6) is 0.202. The van der Waals surface area contributed by atoms with Crippen molar-refractivity contribution in [2.24, 2.45) is 0 Å². The first kappa shape index (κ1) is 20.8. The van der Waals surface area contributed by atoms with E-state index in [4.69, 9.17) is 13.9 Å². The predicted molar refractivity (Wildman–Crippen MR) is 112 cm³/mol. The average Bonchev–Trinajstić information content (AvgIpc) is 2.75. The number of carbonyl (C=O) groups is 1. The van der Waals surface area contributed by atoms with Gasteiger partial charge in [-0.25, -0.2) is 0 Å². The highest BCUT2D eigenvalue weighted by molar-refractivity contribution is 6.05. The van der Waals surface area contributed by atoms with Crippen LogP contribution in [0, 0.1) is 6.92 Å². The van der Waals surface area contributed by atoms with E-state index in [1.165, 1.54) is 0 Å². The molecule has 1 amide bonds. The Kier molecular flexibility index (Phi) is 7.16. The lowest BCUT2D eigenvalue weighted by atomic mass is 10.0. The first-order chi connectivity index (χ1) is 14.1. The number of methoxy groups -OCH3 is 1. The molecular formula is C23H25NO5. The fourth-order valence-electron chi connectivity index (χ4n) is 3.07. The Morgan fingerprint density at radius 2 is 1.83 bits per heavy atom. The number of ether oxygens (including phenoxy) is 2. The summed E-state index contributed by atoms with van der Waals surface area (Å²) < 4.78 is 16.4. The highest BCUT2D eigenvalue weighted by atomic mass is 16.5. The maximum absolute atomic E-state index is 12.9. The van der Waals surface area contributed by atoms with E-state index in [0.29, 0.717) is 60.6 Å². The summed E-state index contributed by atoms with van der Waals surface area (Å²) in [5, 5.41) is 3.26. The molecule has 29 heavy (non-hydrogen) atoms. The summed E-state index contributed by atoms with van der Waals surface area (Å²) in [5.41, 5.74) is 1.83. The van der Waals surface area contributed by atoms with Gasteiger partial charge in [0, 0.05) is 31.4 Å². The fourth-order valence-corrected chi connectivity index (χ4v) is 3.07. The van der Waals surface area contributed by atoms with E-state index in [1.807, 2.05) is 30.3 Å². The van der Waals surface area contributed by atoms with Gasteiger partial charge in [-0.15, -0.1) is 0 Å². The van der Waals surface area contributed by atoms with Crippen LogP contribution in [0.15, 0.2) is 57.7 Å². The minimum atomic E-state index is -0.279. The zero-order valence-corrected chi connectivity index (χ0v) is 16.7. The molecule has 0 saturated carbocycles. The first-order valence-electron chi connectivity index (χ1n) is 9.60. The van der Waals surface area contributed by atoms with Gasteiger partial charge in [0.2, 0.25) is 0 Å². The van der Waals surface area contributed by atoms with Gasteiger partial charge in [0.15, 0.2) is 11.0 Å². The summed E-state index contributed by atoms with van der Waals surface area (Å²) in [4.78, 5) is 25.6. The number of nitrogens with one attached hydrogen (secondary N) is 1. The maximum Gasteiger partial charge on any atom is 0.255 e. The van der Waals surface area contributed by atoms with Gasteiger partial charge in [-0.1, -0.05) is 36.4 Å². The van der Waals surface area contributed by atoms with Gasteiger partial charge in [0.1, 0.15) is 5.76 Å². The van der Waals surface area contributed by atoms with Gasteiger partial charge in [0.25, 0.3) is 5.91 Å². The molecule has 0 unspecified atom stereocenters. The number of amides is 1. The second-order valence-electron chi connectivity index (χ2n) is 6.65. The topological polar surface area (TPSA) is 77.8 Å². The van der Waals surface area contributed by atoms with Crippen molar-refractivity contribution < 1.29 is 18.7 Å². The minimum Gasteiger partial charge on any atom is -0.455 e. The lowest BCUT2D eigenvalue weighted by Crippen LogP contribution is -2.26. The molecule has 0 aliphatic rings. The molecule has 0 fully saturated rings. The highest BCUT2D eigenvalue weighted by Gasteiger charge is 2.18. The molecule has 6 nitrogen and oxygen atoms in total. The van der Waals surface area contributed by atoms with Crippen LogP contribution in [-0.4, -0.2) is 39.4 Å². The number of hydrogen-bond donors (Lipinski definition) is 1. The van der Waals surface area contributed by atoms with E-state index in [2.05, 4.69) is 5.32 Å². The van der Waals surface area contributed by atoms with Crippen LogP contribution in [0.3, 0.4) is 0 Å². The van der Waals surface area contributed by atoms with Gasteiger partial charge in [0.05, 0.1) is 24.2 Å². The molecule has 1 heterocycles. The molecule has 3 aromatic rings. The number of carbonyl (C=O) groups excluding carboxylic acids is 1. The summed E-state index contributed by atoms with van der Waals surface area (Å²) in [7, 11) is 1.62. The molecule has 152 valence electrons. The molecular weight excluding hydrogens is 370 g/mol. The molecule has 6 heteroatoms. The van der Waals surface area contributed by atoms with Gasteiger partial charge >= 0.3 is 0 Å². The second kappa shape index (κ2) is 10.0. The molecule has 0 saturated heterocycles. The molecule has 0 aliphatic carbocycles. The van der Waals surface area contributed by atoms with Crippen molar-refractivity contribution in [1.29, 1.82) is 0 Å². The number of benzene rings is 2. The molecule has 0 spiro atoms. The highest BCUT2D eigenvalue weighted by Crippen LogP contribution is 2.27. The van der Waals surface area contributed by atoms with E-state index in [-0.39, 0.29) is 11.3 Å². The van der Waals surface area contributed by atoms with E-state index in [9.17, 15) is 9.59 Å². The summed E-state index contributed by atoms with van der Waals surface area (Å²) in [6, 6.07) is 14.5. The number of para-hydroxylation sites is 1. The molecule has 2 aromatic carbocycles. The second-order valence-corrected chi connectivity index (χ2v) is 6.65. The maximum atomic E-state index is 12.9. The van der Waals surface area contributed by atoms with Crippen LogP contribution in [0.2, 0.25) is 0 Å². The quantitative estimate of drug-likeness (QED) is 0.561. The van der Waals surface area contributed by atoms with Crippen LogP contribution in [0.4, 0.5) is 0 Å². The molecule has 0 aliphatic heterocycles. The van der Waals surface area contributed by atoms with Crippen molar-refractivity contribution in [3.05, 3.63) is 69.9 Å². The van der Waals surface area contributed by atoms with Gasteiger partial charge in [-0.2, -0.15) is 0 Å². The minimum absolute atomic E-state index is 0.133. The van der Waals surface area contributed by atoms with Crippen LogP contribution in [-0.2, 0) is 9.47 Å². The summed E-state index contributed by atoms with van der Waals surface area (Å²) >= 11 is 0. The standard InChI is InChI=1S/C23H25NO5/c1-16-20(25)18-10-6-11-19(23(26)24-12-7-13-28-15-14-27-2)22(18)29-21(16)17-8-4-3-5-9-17/h3-6,8-11H,7,12-15H2,1-2H3,(H,24,26). The van der Waals surface area contributed by atoms with Crippen molar-refractivity contribution in [3.8, 4) is 11.3 Å². The smallest absolute Gasteiger partial charge is 0.255 e. The van der Waals surface area contributed by atoms with E-state index >= 15 is 0 Å². The third-order valence-corrected chi connectivity index (χ3v) is 4.61. The first-order valence-corrected chi connectivity index (χ1v) is 9.60. The van der Waals surface area contributed by atoms with Gasteiger partial charge in [-0.3, -0.25) is 9.59 Å². The van der Waals surface area contributed by atoms with Crippen molar-refractivity contribution >= 4 is 16.9 Å². The Hall–Kier alpha value is -2.96. The Morgan fingerprint density at radius 1 is 1.03 bits per heavy atom.